The Balaban J connectivity index is 1.85. The van der Waals surface area contributed by atoms with E-state index in [9.17, 15) is 9.50 Å². The summed E-state index contributed by atoms with van der Waals surface area (Å²) < 4.78 is 13.6. The maximum atomic E-state index is 13.6. The van der Waals surface area contributed by atoms with Crippen molar-refractivity contribution in [2.75, 3.05) is 18.0 Å². The normalized spacial score (nSPS) is 17.6. The van der Waals surface area contributed by atoms with Gasteiger partial charge in [0.2, 0.25) is 5.95 Å². The number of piperidine rings is 1. The average Bonchev–Trinajstić information content (AvgIpc) is 2.67. The minimum Gasteiger partial charge on any atom is -0.390 e. The van der Waals surface area contributed by atoms with E-state index >= 15 is 0 Å². The van der Waals surface area contributed by atoms with Gasteiger partial charge in [0, 0.05) is 30.2 Å². The largest absolute Gasteiger partial charge is 0.390 e. The molecule has 1 atom stereocenters. The molecule has 28 heavy (non-hydrogen) atoms. The van der Waals surface area contributed by atoms with Crippen LogP contribution in [-0.4, -0.2) is 39.2 Å². The van der Waals surface area contributed by atoms with E-state index in [-0.39, 0.29) is 23.1 Å². The summed E-state index contributed by atoms with van der Waals surface area (Å²) in [7, 11) is 0. The predicted molar refractivity (Wildman–Crippen MR) is 109 cm³/mol. The molecule has 1 aliphatic heterocycles. The van der Waals surface area contributed by atoms with Gasteiger partial charge in [0.1, 0.15) is 15.7 Å². The second-order valence-corrected chi connectivity index (χ2v) is 8.90. The van der Waals surface area contributed by atoms with E-state index in [2.05, 4.69) is 28.7 Å². The number of anilines is 1. The van der Waals surface area contributed by atoms with Gasteiger partial charge in [0.25, 0.3) is 0 Å². The summed E-state index contributed by atoms with van der Waals surface area (Å²) in [6, 6.07) is 1.76. The van der Waals surface area contributed by atoms with Crippen molar-refractivity contribution in [3.63, 3.8) is 0 Å². The van der Waals surface area contributed by atoms with Crippen molar-refractivity contribution in [2.45, 2.75) is 56.2 Å². The summed E-state index contributed by atoms with van der Waals surface area (Å²) >= 11 is 7.21. The van der Waals surface area contributed by atoms with E-state index < -0.39 is 5.95 Å². The highest BCUT2D eigenvalue weighted by Gasteiger charge is 2.34. The Hall–Kier alpha value is -1.48. The molecule has 3 heterocycles. The van der Waals surface area contributed by atoms with Gasteiger partial charge in [-0.05, 0) is 38.2 Å². The fourth-order valence-corrected chi connectivity index (χ4v) is 4.34. The molecule has 0 aliphatic carbocycles. The molecule has 0 radical (unpaired) electrons. The highest BCUT2D eigenvalue weighted by molar-refractivity contribution is 7.99. The number of hydrogen-bond donors (Lipinski definition) is 2. The lowest BCUT2D eigenvalue weighted by Crippen LogP contribution is -2.47. The van der Waals surface area contributed by atoms with Crippen molar-refractivity contribution in [1.82, 2.24) is 15.0 Å². The molecule has 1 aliphatic rings. The molecule has 3 rings (SSSR count). The number of aromatic nitrogens is 3. The molecule has 0 aromatic carbocycles. The third kappa shape index (κ3) is 4.25. The SMILES string of the molecule is Cc1nc(N2CCC(C)([C@H](C)N)CC2)c(CO)nc1Sc1ccnc(F)c1Cl. The Morgan fingerprint density at radius 2 is 2.07 bits per heavy atom. The molecule has 0 unspecified atom stereocenters. The van der Waals surface area contributed by atoms with Gasteiger partial charge in [0.15, 0.2) is 5.82 Å². The van der Waals surface area contributed by atoms with Gasteiger partial charge in [-0.25, -0.2) is 15.0 Å². The Morgan fingerprint density at radius 1 is 1.39 bits per heavy atom. The quantitative estimate of drug-likeness (QED) is 0.708. The zero-order chi connectivity index (χ0) is 20.5. The third-order valence-electron chi connectivity index (χ3n) is 5.55. The van der Waals surface area contributed by atoms with Crippen LogP contribution in [0.15, 0.2) is 22.2 Å². The zero-order valence-corrected chi connectivity index (χ0v) is 17.8. The van der Waals surface area contributed by atoms with E-state index in [1.807, 2.05) is 6.92 Å². The van der Waals surface area contributed by atoms with Crippen LogP contribution >= 0.6 is 23.4 Å². The van der Waals surface area contributed by atoms with Crippen molar-refractivity contribution in [3.8, 4) is 0 Å². The molecule has 0 saturated carbocycles. The Morgan fingerprint density at radius 3 is 2.68 bits per heavy atom. The molecule has 6 nitrogen and oxygen atoms in total. The van der Waals surface area contributed by atoms with Crippen molar-refractivity contribution in [2.24, 2.45) is 11.1 Å². The number of aryl methyl sites for hydroxylation is 1. The lowest BCUT2D eigenvalue weighted by molar-refractivity contribution is 0.204. The first-order valence-electron chi connectivity index (χ1n) is 9.22. The number of aliphatic hydroxyl groups excluding tert-OH is 1. The molecule has 2 aromatic rings. The van der Waals surface area contributed by atoms with Gasteiger partial charge >= 0.3 is 0 Å². The smallest absolute Gasteiger partial charge is 0.232 e. The highest BCUT2D eigenvalue weighted by atomic mass is 35.5. The maximum absolute atomic E-state index is 13.6. The topological polar surface area (TPSA) is 88.2 Å². The van der Waals surface area contributed by atoms with Crippen LogP contribution < -0.4 is 10.6 Å². The summed E-state index contributed by atoms with van der Waals surface area (Å²) in [5.74, 6) is -0.0233. The number of nitrogens with two attached hydrogens (primary N) is 1. The third-order valence-corrected chi connectivity index (χ3v) is 7.16. The van der Waals surface area contributed by atoms with Crippen LogP contribution in [0.1, 0.15) is 38.1 Å². The molecule has 0 spiro atoms. The number of hydrogen-bond acceptors (Lipinski definition) is 7. The van der Waals surface area contributed by atoms with Crippen LogP contribution in [-0.2, 0) is 6.61 Å². The lowest BCUT2D eigenvalue weighted by atomic mass is 9.75. The Bertz CT molecular complexity index is 858. The van der Waals surface area contributed by atoms with Crippen LogP contribution in [0.2, 0.25) is 5.02 Å². The maximum Gasteiger partial charge on any atom is 0.232 e. The van der Waals surface area contributed by atoms with Crippen molar-refractivity contribution >= 4 is 29.2 Å². The summed E-state index contributed by atoms with van der Waals surface area (Å²) in [5.41, 5.74) is 7.46. The van der Waals surface area contributed by atoms with Crippen molar-refractivity contribution in [1.29, 1.82) is 0 Å². The summed E-state index contributed by atoms with van der Waals surface area (Å²) in [4.78, 5) is 15.5. The first-order chi connectivity index (χ1) is 13.2. The molecule has 0 bridgehead atoms. The number of rotatable bonds is 5. The van der Waals surface area contributed by atoms with Crippen molar-refractivity contribution < 1.29 is 9.50 Å². The Kier molecular flexibility index (Phi) is 6.44. The van der Waals surface area contributed by atoms with Crippen LogP contribution in [0.3, 0.4) is 0 Å². The first-order valence-corrected chi connectivity index (χ1v) is 10.4. The van der Waals surface area contributed by atoms with Gasteiger partial charge in [-0.2, -0.15) is 4.39 Å². The number of aliphatic hydroxyl groups is 1. The van der Waals surface area contributed by atoms with Gasteiger partial charge in [-0.3, -0.25) is 0 Å². The number of halogens is 2. The fourth-order valence-electron chi connectivity index (χ4n) is 3.25. The molecule has 0 amide bonds. The molecule has 152 valence electrons. The second kappa shape index (κ2) is 8.49. The van der Waals surface area contributed by atoms with E-state index in [1.54, 1.807) is 6.07 Å². The van der Waals surface area contributed by atoms with Crippen molar-refractivity contribution in [3.05, 3.63) is 34.6 Å². The summed E-state index contributed by atoms with van der Waals surface area (Å²) in [6.45, 7) is 7.52. The Labute approximate surface area is 173 Å². The van der Waals surface area contributed by atoms with Crippen LogP contribution in [0.5, 0.6) is 0 Å². The van der Waals surface area contributed by atoms with E-state index in [1.165, 1.54) is 18.0 Å². The van der Waals surface area contributed by atoms with Gasteiger partial charge < -0.3 is 15.7 Å². The average molecular weight is 426 g/mol. The van der Waals surface area contributed by atoms with Gasteiger partial charge in [-0.1, -0.05) is 30.3 Å². The molecule has 2 aromatic heterocycles. The molecule has 1 fully saturated rings. The lowest BCUT2D eigenvalue weighted by Gasteiger charge is -2.42. The molecule has 9 heteroatoms. The number of pyridine rings is 1. The minimum absolute atomic E-state index is 0.0467. The van der Waals surface area contributed by atoms with Crippen LogP contribution in [0, 0.1) is 18.3 Å². The number of nitrogens with zero attached hydrogens (tertiary/aromatic N) is 4. The highest BCUT2D eigenvalue weighted by Crippen LogP contribution is 2.38. The zero-order valence-electron chi connectivity index (χ0n) is 16.2. The minimum atomic E-state index is -0.721. The van der Waals surface area contributed by atoms with Gasteiger partial charge in [-0.15, -0.1) is 0 Å². The predicted octanol–water partition coefficient (Wildman–Crippen LogP) is 3.57. The first kappa shape index (κ1) is 21.2. The van der Waals surface area contributed by atoms with Gasteiger partial charge in [0.05, 0.1) is 12.3 Å². The van der Waals surface area contributed by atoms with Crippen LogP contribution in [0.25, 0.3) is 0 Å². The summed E-state index contributed by atoms with van der Waals surface area (Å²) in [5, 5.41) is 10.4. The fraction of sp³-hybridized carbons (Fsp3) is 0.526. The van der Waals surface area contributed by atoms with E-state index in [4.69, 9.17) is 22.3 Å². The molecular formula is C19H25ClFN5OS. The monoisotopic (exact) mass is 425 g/mol. The van der Waals surface area contributed by atoms with Crippen LogP contribution in [0.4, 0.5) is 10.2 Å². The summed E-state index contributed by atoms with van der Waals surface area (Å²) in [6.07, 6.45) is 3.27. The molecule has 3 N–H and O–H groups in total. The molecule has 1 saturated heterocycles. The van der Waals surface area contributed by atoms with E-state index in [0.717, 1.165) is 25.9 Å². The molecular weight excluding hydrogens is 401 g/mol. The second-order valence-electron chi connectivity index (χ2n) is 7.49. The van der Waals surface area contributed by atoms with E-state index in [0.29, 0.717) is 27.1 Å². The standard InChI is InChI=1S/C19H25ClFN5OS/c1-11-18(28-14-4-7-23-16(21)15(14)20)25-13(10-27)17(24-11)26-8-5-19(3,6-9-26)12(2)22/h4,7,12,27H,5-6,8-10,22H2,1-3H3/t12-/m0/s1.